The van der Waals surface area contributed by atoms with Crippen molar-refractivity contribution >= 4 is 5.78 Å². The van der Waals surface area contributed by atoms with Gasteiger partial charge in [-0.25, -0.2) is 0 Å². The maximum Gasteiger partial charge on any atom is 0.181 e. The number of hydrogen-bond donors (Lipinski definition) is 1. The molecule has 0 bridgehead atoms. The van der Waals surface area contributed by atoms with Crippen molar-refractivity contribution in [3.05, 3.63) is 35.9 Å². The lowest BCUT2D eigenvalue weighted by Crippen LogP contribution is -2.10. The van der Waals surface area contributed by atoms with Gasteiger partial charge in [-0.15, -0.1) is 0 Å². The lowest BCUT2D eigenvalue weighted by molar-refractivity contribution is 0.0988. The summed E-state index contributed by atoms with van der Waals surface area (Å²) in [7, 11) is 0. The van der Waals surface area contributed by atoms with Gasteiger partial charge in [0.25, 0.3) is 0 Å². The van der Waals surface area contributed by atoms with E-state index in [0.29, 0.717) is 6.04 Å². The standard InChI is InChI=1S/C10H11NO/c1-7-9(11-7)10(12)8-5-3-2-4-6-8/h2-7,9,11H,1H3. The molecular formula is C10H11NO. The normalized spacial score (nSPS) is 26.8. The zero-order valence-electron chi connectivity index (χ0n) is 6.95. The number of benzene rings is 1. The van der Waals surface area contributed by atoms with Gasteiger partial charge in [0.1, 0.15) is 0 Å². The molecule has 1 heterocycles. The molecule has 0 saturated carbocycles. The second kappa shape index (κ2) is 2.72. The van der Waals surface area contributed by atoms with Gasteiger partial charge in [0.2, 0.25) is 0 Å². The topological polar surface area (TPSA) is 39.0 Å². The van der Waals surface area contributed by atoms with Gasteiger partial charge < -0.3 is 5.32 Å². The summed E-state index contributed by atoms with van der Waals surface area (Å²) >= 11 is 0. The Labute approximate surface area is 71.6 Å². The average molecular weight is 161 g/mol. The Hall–Kier alpha value is -1.15. The number of rotatable bonds is 2. The molecular weight excluding hydrogens is 150 g/mol. The number of ketones is 1. The molecule has 62 valence electrons. The van der Waals surface area contributed by atoms with Gasteiger partial charge in [0, 0.05) is 11.6 Å². The van der Waals surface area contributed by atoms with Crippen molar-refractivity contribution < 1.29 is 4.79 Å². The first kappa shape index (κ1) is 7.50. The molecule has 1 saturated heterocycles. The fourth-order valence-corrected chi connectivity index (χ4v) is 1.31. The van der Waals surface area contributed by atoms with Gasteiger partial charge in [-0.1, -0.05) is 30.3 Å². The first-order chi connectivity index (χ1) is 5.79. The first-order valence-corrected chi connectivity index (χ1v) is 4.14. The highest BCUT2D eigenvalue weighted by Crippen LogP contribution is 2.15. The number of hydrogen-bond acceptors (Lipinski definition) is 2. The second-order valence-electron chi connectivity index (χ2n) is 3.16. The van der Waals surface area contributed by atoms with E-state index in [-0.39, 0.29) is 11.8 Å². The third-order valence-corrected chi connectivity index (χ3v) is 2.17. The maximum absolute atomic E-state index is 11.6. The molecule has 2 heteroatoms. The van der Waals surface area contributed by atoms with E-state index in [1.165, 1.54) is 0 Å². The quantitative estimate of drug-likeness (QED) is 0.523. The Morgan fingerprint density at radius 1 is 1.33 bits per heavy atom. The Bertz CT molecular complexity index is 294. The SMILES string of the molecule is CC1NC1C(=O)c1ccccc1. The average Bonchev–Trinajstić information content (AvgIpc) is 2.83. The van der Waals surface area contributed by atoms with Crippen molar-refractivity contribution in [1.82, 2.24) is 5.32 Å². The van der Waals surface area contributed by atoms with E-state index in [1.807, 2.05) is 37.3 Å². The van der Waals surface area contributed by atoms with Crippen molar-refractivity contribution in [3.8, 4) is 0 Å². The number of carbonyl (C=O) groups excluding carboxylic acids is 1. The lowest BCUT2D eigenvalue weighted by atomic mass is 10.1. The Morgan fingerprint density at radius 3 is 2.42 bits per heavy atom. The molecule has 1 aliphatic rings. The van der Waals surface area contributed by atoms with E-state index >= 15 is 0 Å². The third kappa shape index (κ3) is 1.25. The molecule has 2 rings (SSSR count). The third-order valence-electron chi connectivity index (χ3n) is 2.17. The van der Waals surface area contributed by atoms with Crippen LogP contribution in [0.15, 0.2) is 30.3 Å². The second-order valence-corrected chi connectivity index (χ2v) is 3.16. The van der Waals surface area contributed by atoms with Crippen LogP contribution in [0, 0.1) is 0 Å². The van der Waals surface area contributed by atoms with Crippen LogP contribution in [0.5, 0.6) is 0 Å². The van der Waals surface area contributed by atoms with Crippen LogP contribution in [0.3, 0.4) is 0 Å². The molecule has 0 aromatic heterocycles. The summed E-state index contributed by atoms with van der Waals surface area (Å²) in [5.74, 6) is 0.211. The fraction of sp³-hybridized carbons (Fsp3) is 0.300. The molecule has 2 unspecified atom stereocenters. The largest absolute Gasteiger partial charge is 0.301 e. The van der Waals surface area contributed by atoms with E-state index < -0.39 is 0 Å². The smallest absolute Gasteiger partial charge is 0.181 e. The molecule has 1 aromatic rings. The van der Waals surface area contributed by atoms with Crippen molar-refractivity contribution in [2.24, 2.45) is 0 Å². The molecule has 1 aromatic carbocycles. The highest BCUT2D eigenvalue weighted by molar-refractivity contribution is 6.02. The van der Waals surface area contributed by atoms with Crippen LogP contribution in [0.1, 0.15) is 17.3 Å². The highest BCUT2D eigenvalue weighted by Gasteiger charge is 2.38. The van der Waals surface area contributed by atoms with Gasteiger partial charge in [-0.2, -0.15) is 0 Å². The monoisotopic (exact) mass is 161 g/mol. The molecule has 0 radical (unpaired) electrons. The number of Topliss-reactive ketones (excluding diaryl/α,β-unsaturated/α-hetero) is 1. The zero-order chi connectivity index (χ0) is 8.55. The zero-order valence-corrected chi connectivity index (χ0v) is 6.95. The summed E-state index contributed by atoms with van der Waals surface area (Å²) in [5.41, 5.74) is 0.805. The van der Waals surface area contributed by atoms with Gasteiger partial charge >= 0.3 is 0 Å². The maximum atomic E-state index is 11.6. The summed E-state index contributed by atoms with van der Waals surface area (Å²) in [6.07, 6.45) is 0. The van der Waals surface area contributed by atoms with Gasteiger partial charge in [-0.05, 0) is 6.92 Å². The fourth-order valence-electron chi connectivity index (χ4n) is 1.31. The Balaban J connectivity index is 2.16. The lowest BCUT2D eigenvalue weighted by Gasteiger charge is -1.95. The minimum atomic E-state index is 0.0624. The van der Waals surface area contributed by atoms with E-state index in [9.17, 15) is 4.79 Å². The summed E-state index contributed by atoms with van der Waals surface area (Å²) in [5, 5.41) is 3.08. The Morgan fingerprint density at radius 2 is 1.92 bits per heavy atom. The van der Waals surface area contributed by atoms with Crippen LogP contribution in [-0.4, -0.2) is 17.9 Å². The molecule has 1 N–H and O–H groups in total. The van der Waals surface area contributed by atoms with E-state index in [0.717, 1.165) is 5.56 Å². The molecule has 0 aliphatic carbocycles. The summed E-state index contributed by atoms with van der Waals surface area (Å²) < 4.78 is 0. The minimum Gasteiger partial charge on any atom is -0.301 e. The van der Waals surface area contributed by atoms with E-state index in [2.05, 4.69) is 5.32 Å². The first-order valence-electron chi connectivity index (χ1n) is 4.14. The van der Waals surface area contributed by atoms with Gasteiger partial charge in [0.15, 0.2) is 5.78 Å². The van der Waals surface area contributed by atoms with Crippen molar-refractivity contribution in [3.63, 3.8) is 0 Å². The van der Waals surface area contributed by atoms with E-state index in [4.69, 9.17) is 0 Å². The van der Waals surface area contributed by atoms with Gasteiger partial charge in [-0.3, -0.25) is 4.79 Å². The molecule has 0 spiro atoms. The molecule has 2 atom stereocenters. The number of carbonyl (C=O) groups is 1. The van der Waals surface area contributed by atoms with Crippen LogP contribution >= 0.6 is 0 Å². The van der Waals surface area contributed by atoms with Crippen LogP contribution < -0.4 is 5.32 Å². The molecule has 0 amide bonds. The van der Waals surface area contributed by atoms with Gasteiger partial charge in [0.05, 0.1) is 6.04 Å². The van der Waals surface area contributed by atoms with Crippen molar-refractivity contribution in [1.29, 1.82) is 0 Å². The predicted molar refractivity (Wildman–Crippen MR) is 47.2 cm³/mol. The molecule has 2 nitrogen and oxygen atoms in total. The molecule has 12 heavy (non-hydrogen) atoms. The van der Waals surface area contributed by atoms with Crippen LogP contribution in [-0.2, 0) is 0 Å². The summed E-state index contributed by atoms with van der Waals surface area (Å²) in [6.45, 7) is 2.02. The van der Waals surface area contributed by atoms with Crippen molar-refractivity contribution in [2.45, 2.75) is 19.0 Å². The van der Waals surface area contributed by atoms with Crippen LogP contribution in [0.25, 0.3) is 0 Å². The highest BCUT2D eigenvalue weighted by atomic mass is 16.1. The van der Waals surface area contributed by atoms with E-state index in [1.54, 1.807) is 0 Å². The summed E-state index contributed by atoms with van der Waals surface area (Å²) in [4.78, 5) is 11.6. The predicted octanol–water partition coefficient (Wildman–Crippen LogP) is 1.23. The molecule has 1 aliphatic heterocycles. The Kier molecular flexibility index (Phi) is 1.70. The van der Waals surface area contributed by atoms with Crippen LogP contribution in [0.4, 0.5) is 0 Å². The minimum absolute atomic E-state index is 0.0624. The number of nitrogens with one attached hydrogen (secondary N) is 1. The van der Waals surface area contributed by atoms with Crippen LogP contribution in [0.2, 0.25) is 0 Å². The van der Waals surface area contributed by atoms with Crippen molar-refractivity contribution in [2.75, 3.05) is 0 Å². The molecule has 1 fully saturated rings. The summed E-state index contributed by atoms with van der Waals surface area (Å²) in [6, 6.07) is 9.83.